The highest BCUT2D eigenvalue weighted by molar-refractivity contribution is 7.99. The van der Waals surface area contributed by atoms with Crippen LogP contribution in [-0.4, -0.2) is 40.8 Å². The largest absolute Gasteiger partial charge is 0.508 e. The molecule has 0 saturated carbocycles. The average molecular weight is 269 g/mol. The maximum absolute atomic E-state index is 11.7. The number of rotatable bonds is 7. The van der Waals surface area contributed by atoms with E-state index in [0.29, 0.717) is 12.1 Å². The Bertz CT molecular complexity index is 396. The van der Waals surface area contributed by atoms with E-state index in [-0.39, 0.29) is 18.3 Å². The van der Waals surface area contributed by atoms with Crippen molar-refractivity contribution in [1.29, 1.82) is 0 Å². The fraction of sp³-hybridized carbons (Fsp3) is 0.462. The van der Waals surface area contributed by atoms with Gasteiger partial charge in [0.25, 0.3) is 5.91 Å². The second-order valence-electron chi connectivity index (χ2n) is 3.95. The number of phenols is 1. The summed E-state index contributed by atoms with van der Waals surface area (Å²) in [6.45, 7) is 2.58. The molecule has 1 aromatic rings. The van der Waals surface area contributed by atoms with Crippen LogP contribution in [0.3, 0.4) is 0 Å². The third kappa shape index (κ3) is 4.98. The minimum Gasteiger partial charge on any atom is -0.508 e. The summed E-state index contributed by atoms with van der Waals surface area (Å²) in [5.41, 5.74) is 1.23. The number of hydrogen-bond donors (Lipinski definition) is 3. The molecule has 0 fully saturated rings. The molecule has 0 atom stereocenters. The van der Waals surface area contributed by atoms with Crippen molar-refractivity contribution in [3.63, 3.8) is 0 Å². The van der Waals surface area contributed by atoms with Crippen molar-refractivity contribution in [3.05, 3.63) is 29.3 Å². The number of aryl methyl sites for hydroxylation is 1. The van der Waals surface area contributed by atoms with E-state index in [1.807, 2.05) is 0 Å². The van der Waals surface area contributed by atoms with Crippen molar-refractivity contribution in [2.45, 2.75) is 13.3 Å². The van der Waals surface area contributed by atoms with E-state index in [0.717, 1.165) is 23.5 Å². The number of hydrogen-bond acceptors (Lipinski definition) is 4. The number of phenolic OH excluding ortho intramolecular Hbond substituents is 1. The molecule has 1 amide bonds. The third-order valence-corrected chi connectivity index (χ3v) is 3.52. The van der Waals surface area contributed by atoms with Crippen LogP contribution in [0.25, 0.3) is 0 Å². The van der Waals surface area contributed by atoms with Gasteiger partial charge in [-0.1, -0.05) is 6.07 Å². The third-order valence-electron chi connectivity index (χ3n) is 2.45. The number of aliphatic hydroxyl groups is 1. The fourth-order valence-electron chi connectivity index (χ4n) is 1.36. The lowest BCUT2D eigenvalue weighted by molar-refractivity contribution is 0.0956. The van der Waals surface area contributed by atoms with Gasteiger partial charge in [0.1, 0.15) is 5.75 Å². The maximum atomic E-state index is 11.7. The first-order valence-electron chi connectivity index (χ1n) is 5.91. The summed E-state index contributed by atoms with van der Waals surface area (Å²) in [5, 5.41) is 20.9. The second kappa shape index (κ2) is 8.00. The summed E-state index contributed by atoms with van der Waals surface area (Å²) in [6, 6.07) is 4.90. The summed E-state index contributed by atoms with van der Waals surface area (Å²) < 4.78 is 0. The van der Waals surface area contributed by atoms with E-state index in [1.165, 1.54) is 6.07 Å². The number of thioether (sulfide) groups is 1. The number of nitrogens with one attached hydrogen (secondary N) is 1. The van der Waals surface area contributed by atoms with E-state index in [9.17, 15) is 9.90 Å². The van der Waals surface area contributed by atoms with E-state index in [1.54, 1.807) is 30.8 Å². The van der Waals surface area contributed by atoms with Crippen LogP contribution in [0.1, 0.15) is 22.3 Å². The number of aliphatic hydroxyl groups excluding tert-OH is 1. The highest BCUT2D eigenvalue weighted by atomic mass is 32.2. The van der Waals surface area contributed by atoms with E-state index in [2.05, 4.69) is 5.32 Å². The molecule has 0 spiro atoms. The van der Waals surface area contributed by atoms with Crippen molar-refractivity contribution >= 4 is 17.7 Å². The van der Waals surface area contributed by atoms with Crippen molar-refractivity contribution in [2.75, 3.05) is 24.7 Å². The van der Waals surface area contributed by atoms with Crippen molar-refractivity contribution in [2.24, 2.45) is 0 Å². The molecule has 18 heavy (non-hydrogen) atoms. The predicted molar refractivity (Wildman–Crippen MR) is 74.2 cm³/mol. The lowest BCUT2D eigenvalue weighted by Crippen LogP contribution is -2.25. The number of carbonyl (C=O) groups excluding carboxylic acids is 1. The SMILES string of the molecule is Cc1ccc(C(=O)NCCSCCCO)cc1O. The molecule has 0 unspecified atom stereocenters. The van der Waals surface area contributed by atoms with E-state index in [4.69, 9.17) is 5.11 Å². The molecule has 0 aromatic heterocycles. The van der Waals surface area contributed by atoms with Crippen molar-refractivity contribution in [3.8, 4) is 5.75 Å². The van der Waals surface area contributed by atoms with Crippen LogP contribution in [0, 0.1) is 6.92 Å². The standard InChI is InChI=1S/C13H19NO3S/c1-10-3-4-11(9-12(10)16)13(17)14-5-8-18-7-2-6-15/h3-4,9,15-16H,2,5-8H2,1H3,(H,14,17). The quantitative estimate of drug-likeness (QED) is 0.657. The first kappa shape index (κ1) is 14.9. The van der Waals surface area contributed by atoms with Gasteiger partial charge in [0.15, 0.2) is 0 Å². The van der Waals surface area contributed by atoms with Gasteiger partial charge < -0.3 is 15.5 Å². The fourth-order valence-corrected chi connectivity index (χ4v) is 2.14. The molecule has 1 aromatic carbocycles. The Hall–Kier alpha value is -1.20. The van der Waals surface area contributed by atoms with Gasteiger partial charge in [-0.15, -0.1) is 0 Å². The Morgan fingerprint density at radius 1 is 1.39 bits per heavy atom. The molecule has 4 nitrogen and oxygen atoms in total. The minimum atomic E-state index is -0.173. The molecule has 0 aliphatic carbocycles. The molecule has 0 radical (unpaired) electrons. The number of amides is 1. The Morgan fingerprint density at radius 2 is 2.17 bits per heavy atom. The molecule has 0 bridgehead atoms. The van der Waals surface area contributed by atoms with Gasteiger partial charge in [0.2, 0.25) is 0 Å². The van der Waals surface area contributed by atoms with Gasteiger partial charge in [0.05, 0.1) is 0 Å². The molecule has 3 N–H and O–H groups in total. The molecule has 5 heteroatoms. The van der Waals surface area contributed by atoms with Crippen LogP contribution in [0.15, 0.2) is 18.2 Å². The van der Waals surface area contributed by atoms with Crippen LogP contribution in [0.2, 0.25) is 0 Å². The van der Waals surface area contributed by atoms with E-state index >= 15 is 0 Å². The smallest absolute Gasteiger partial charge is 0.251 e. The summed E-state index contributed by atoms with van der Waals surface area (Å²) in [7, 11) is 0. The first-order valence-corrected chi connectivity index (χ1v) is 7.07. The molecule has 1 rings (SSSR count). The normalized spacial score (nSPS) is 10.3. The molecule has 0 aliphatic rings. The topological polar surface area (TPSA) is 69.6 Å². The molecular weight excluding hydrogens is 250 g/mol. The molecule has 100 valence electrons. The second-order valence-corrected chi connectivity index (χ2v) is 5.17. The van der Waals surface area contributed by atoms with Gasteiger partial charge >= 0.3 is 0 Å². The van der Waals surface area contributed by atoms with Crippen LogP contribution < -0.4 is 5.32 Å². The molecule has 0 aliphatic heterocycles. The number of benzene rings is 1. The first-order chi connectivity index (χ1) is 8.65. The summed E-state index contributed by atoms with van der Waals surface area (Å²) in [5.74, 6) is 1.69. The summed E-state index contributed by atoms with van der Waals surface area (Å²) in [4.78, 5) is 11.7. The predicted octanol–water partition coefficient (Wildman–Crippen LogP) is 1.55. The Labute approximate surface area is 111 Å². The molecule has 0 heterocycles. The zero-order chi connectivity index (χ0) is 13.4. The van der Waals surface area contributed by atoms with Crippen LogP contribution in [0.5, 0.6) is 5.75 Å². The Balaban J connectivity index is 2.30. The monoisotopic (exact) mass is 269 g/mol. The van der Waals surface area contributed by atoms with Gasteiger partial charge in [0, 0.05) is 24.5 Å². The highest BCUT2D eigenvalue weighted by Gasteiger charge is 2.06. The van der Waals surface area contributed by atoms with Gasteiger partial charge in [-0.05, 0) is 36.8 Å². The zero-order valence-corrected chi connectivity index (χ0v) is 11.3. The van der Waals surface area contributed by atoms with Gasteiger partial charge in [-0.25, -0.2) is 0 Å². The Morgan fingerprint density at radius 3 is 2.83 bits per heavy atom. The van der Waals surface area contributed by atoms with Crippen LogP contribution >= 0.6 is 11.8 Å². The lowest BCUT2D eigenvalue weighted by atomic mass is 10.1. The van der Waals surface area contributed by atoms with Crippen LogP contribution in [-0.2, 0) is 0 Å². The summed E-state index contributed by atoms with van der Waals surface area (Å²) in [6.07, 6.45) is 0.782. The number of carbonyl (C=O) groups is 1. The minimum absolute atomic E-state index is 0.139. The zero-order valence-electron chi connectivity index (χ0n) is 10.5. The van der Waals surface area contributed by atoms with E-state index < -0.39 is 0 Å². The average Bonchev–Trinajstić information content (AvgIpc) is 2.36. The maximum Gasteiger partial charge on any atom is 0.251 e. The molecular formula is C13H19NO3S. The van der Waals surface area contributed by atoms with Crippen LogP contribution in [0.4, 0.5) is 0 Å². The van der Waals surface area contributed by atoms with Crippen molar-refractivity contribution in [1.82, 2.24) is 5.32 Å². The lowest BCUT2D eigenvalue weighted by Gasteiger charge is -2.06. The Kier molecular flexibility index (Phi) is 6.60. The van der Waals surface area contributed by atoms with Gasteiger partial charge in [-0.2, -0.15) is 11.8 Å². The molecule has 0 saturated heterocycles. The summed E-state index contributed by atoms with van der Waals surface area (Å²) >= 11 is 1.70. The highest BCUT2D eigenvalue weighted by Crippen LogP contribution is 2.17. The van der Waals surface area contributed by atoms with Gasteiger partial charge in [-0.3, -0.25) is 4.79 Å². The van der Waals surface area contributed by atoms with Crippen molar-refractivity contribution < 1.29 is 15.0 Å². The number of aromatic hydroxyl groups is 1.